The molecule has 0 amide bonds. The molecule has 3 aromatic rings. The lowest BCUT2D eigenvalue weighted by Crippen LogP contribution is -2.44. The first-order valence-corrected chi connectivity index (χ1v) is 8.58. The Hall–Kier alpha value is -2.79. The van der Waals surface area contributed by atoms with Crippen LogP contribution in [0.2, 0.25) is 0 Å². The molecule has 5 heteroatoms. The topological polar surface area (TPSA) is 54.9 Å². The number of aromatic nitrogens is 1. The molecule has 0 atom stereocenters. The number of aliphatic imine (C=N–C) groups is 1. The Kier molecular flexibility index (Phi) is 4.15. The van der Waals surface area contributed by atoms with Crippen LogP contribution in [0.4, 0.5) is 11.4 Å². The van der Waals surface area contributed by atoms with E-state index in [0.29, 0.717) is 0 Å². The highest BCUT2D eigenvalue weighted by Crippen LogP contribution is 2.26. The van der Waals surface area contributed by atoms with Gasteiger partial charge in [-0.05, 0) is 37.4 Å². The Labute approximate surface area is 147 Å². The fraction of sp³-hybridized carbons (Fsp3) is 0.250. The number of rotatable bonds is 3. The monoisotopic (exact) mass is 334 g/mol. The van der Waals surface area contributed by atoms with Gasteiger partial charge in [-0.25, -0.2) is 0 Å². The van der Waals surface area contributed by atoms with Crippen LogP contribution < -0.4 is 4.90 Å². The normalized spacial score (nSPS) is 16.1. The minimum atomic E-state index is 0.152. The summed E-state index contributed by atoms with van der Waals surface area (Å²) in [6, 6.07) is 16.1. The van der Waals surface area contributed by atoms with E-state index in [1.165, 1.54) is 5.69 Å². The van der Waals surface area contributed by atoms with Crippen molar-refractivity contribution in [1.82, 2.24) is 9.88 Å². The van der Waals surface area contributed by atoms with Crippen LogP contribution in [0.5, 0.6) is 5.88 Å². The maximum atomic E-state index is 10.1. The third-order valence-electron chi connectivity index (χ3n) is 4.79. The molecule has 2 N–H and O–H groups in total. The van der Waals surface area contributed by atoms with E-state index in [-0.39, 0.29) is 5.88 Å². The molecule has 128 valence electrons. The minimum absolute atomic E-state index is 0.152. The van der Waals surface area contributed by atoms with E-state index in [1.54, 1.807) is 6.21 Å². The second-order valence-electron chi connectivity index (χ2n) is 6.50. The van der Waals surface area contributed by atoms with Crippen LogP contribution in [-0.4, -0.2) is 54.4 Å². The molecule has 0 bridgehead atoms. The molecule has 25 heavy (non-hydrogen) atoms. The van der Waals surface area contributed by atoms with Crippen LogP contribution in [0.25, 0.3) is 10.9 Å². The highest BCUT2D eigenvalue weighted by atomic mass is 16.3. The van der Waals surface area contributed by atoms with Crippen molar-refractivity contribution in [1.29, 1.82) is 0 Å². The molecule has 1 aliphatic heterocycles. The fourth-order valence-corrected chi connectivity index (χ4v) is 3.23. The molecule has 2 heterocycles. The van der Waals surface area contributed by atoms with Crippen LogP contribution in [0, 0.1) is 0 Å². The van der Waals surface area contributed by atoms with Gasteiger partial charge in [0.25, 0.3) is 0 Å². The summed E-state index contributed by atoms with van der Waals surface area (Å²) in [6.45, 7) is 4.31. The maximum Gasteiger partial charge on any atom is 0.198 e. The van der Waals surface area contributed by atoms with E-state index in [1.807, 2.05) is 36.4 Å². The number of anilines is 1. The molecule has 0 saturated carbocycles. The predicted molar refractivity (Wildman–Crippen MR) is 103 cm³/mol. The Bertz CT molecular complexity index is 890. The van der Waals surface area contributed by atoms with E-state index < -0.39 is 0 Å². The van der Waals surface area contributed by atoms with Gasteiger partial charge in [0.1, 0.15) is 0 Å². The Morgan fingerprint density at radius 1 is 1.00 bits per heavy atom. The van der Waals surface area contributed by atoms with Gasteiger partial charge in [-0.15, -0.1) is 0 Å². The molecule has 1 aliphatic rings. The third kappa shape index (κ3) is 3.23. The van der Waals surface area contributed by atoms with E-state index in [4.69, 9.17) is 0 Å². The number of likely N-dealkylation sites (N-methyl/N-ethyl adjacent to an activating group) is 1. The third-order valence-corrected chi connectivity index (χ3v) is 4.79. The Balaban J connectivity index is 1.52. The van der Waals surface area contributed by atoms with Crippen LogP contribution in [-0.2, 0) is 0 Å². The van der Waals surface area contributed by atoms with Crippen LogP contribution >= 0.6 is 0 Å². The first-order chi connectivity index (χ1) is 12.2. The smallest absolute Gasteiger partial charge is 0.198 e. The molecule has 0 aliphatic carbocycles. The number of benzene rings is 2. The molecular weight excluding hydrogens is 312 g/mol. The average Bonchev–Trinajstić information content (AvgIpc) is 2.96. The number of fused-ring (bicyclic) bond motifs is 1. The van der Waals surface area contributed by atoms with Gasteiger partial charge in [-0.1, -0.05) is 18.2 Å². The summed E-state index contributed by atoms with van der Waals surface area (Å²) in [5.74, 6) is 0.152. The number of piperazine rings is 1. The van der Waals surface area contributed by atoms with Crippen molar-refractivity contribution in [2.24, 2.45) is 4.99 Å². The van der Waals surface area contributed by atoms with E-state index >= 15 is 0 Å². The molecule has 0 radical (unpaired) electrons. The van der Waals surface area contributed by atoms with Gasteiger partial charge >= 0.3 is 0 Å². The molecule has 0 unspecified atom stereocenters. The zero-order valence-electron chi connectivity index (χ0n) is 14.3. The van der Waals surface area contributed by atoms with Gasteiger partial charge in [0.2, 0.25) is 0 Å². The minimum Gasteiger partial charge on any atom is -0.494 e. The first-order valence-electron chi connectivity index (χ1n) is 8.58. The van der Waals surface area contributed by atoms with Gasteiger partial charge in [-0.3, -0.25) is 4.99 Å². The quantitative estimate of drug-likeness (QED) is 0.722. The van der Waals surface area contributed by atoms with Crippen LogP contribution in [0.3, 0.4) is 0 Å². The highest BCUT2D eigenvalue weighted by molar-refractivity contribution is 6.02. The SMILES string of the molecule is CN1CCN(c2ccc(N=Cc3c(O)[nH]c4ccccc34)cc2)CC1. The first kappa shape index (κ1) is 15.7. The summed E-state index contributed by atoms with van der Waals surface area (Å²) in [7, 11) is 2.16. The van der Waals surface area contributed by atoms with E-state index in [2.05, 4.69) is 39.0 Å². The molecule has 1 fully saturated rings. The van der Waals surface area contributed by atoms with Gasteiger partial charge < -0.3 is 19.9 Å². The van der Waals surface area contributed by atoms with Crippen molar-refractivity contribution >= 4 is 28.5 Å². The van der Waals surface area contributed by atoms with Crippen molar-refractivity contribution in [2.45, 2.75) is 0 Å². The number of hydrogen-bond donors (Lipinski definition) is 2. The van der Waals surface area contributed by atoms with Gasteiger partial charge in [0, 0.05) is 49.0 Å². The zero-order valence-corrected chi connectivity index (χ0v) is 14.3. The fourth-order valence-electron chi connectivity index (χ4n) is 3.23. The molecular formula is C20H22N4O. The van der Waals surface area contributed by atoms with Crippen molar-refractivity contribution in [2.75, 3.05) is 38.1 Å². The van der Waals surface area contributed by atoms with Crippen molar-refractivity contribution in [3.63, 3.8) is 0 Å². The summed E-state index contributed by atoms with van der Waals surface area (Å²) in [6.07, 6.45) is 1.72. The van der Waals surface area contributed by atoms with Crippen LogP contribution in [0.15, 0.2) is 53.5 Å². The molecule has 0 spiro atoms. The summed E-state index contributed by atoms with van der Waals surface area (Å²) in [5, 5.41) is 11.1. The lowest BCUT2D eigenvalue weighted by Gasteiger charge is -2.34. The number of aromatic amines is 1. The molecule has 1 saturated heterocycles. The van der Waals surface area contributed by atoms with Crippen molar-refractivity contribution in [3.05, 3.63) is 54.1 Å². The van der Waals surface area contributed by atoms with Gasteiger partial charge in [-0.2, -0.15) is 0 Å². The predicted octanol–water partition coefficient (Wildman–Crippen LogP) is 3.38. The summed E-state index contributed by atoms with van der Waals surface area (Å²) < 4.78 is 0. The van der Waals surface area contributed by atoms with Crippen molar-refractivity contribution in [3.8, 4) is 5.88 Å². The zero-order chi connectivity index (χ0) is 17.2. The van der Waals surface area contributed by atoms with E-state index in [9.17, 15) is 5.11 Å². The molecule has 1 aromatic heterocycles. The molecule has 5 nitrogen and oxygen atoms in total. The summed E-state index contributed by atoms with van der Waals surface area (Å²) >= 11 is 0. The summed E-state index contributed by atoms with van der Waals surface area (Å²) in [5.41, 5.74) is 3.75. The summed E-state index contributed by atoms with van der Waals surface area (Å²) in [4.78, 5) is 12.3. The standard InChI is InChI=1S/C20H22N4O/c1-23-10-12-24(13-11-23)16-8-6-15(7-9-16)21-14-18-17-4-2-3-5-19(17)22-20(18)25/h2-9,14,22,25H,10-13H2,1H3. The number of nitrogens with zero attached hydrogens (tertiary/aromatic N) is 3. The second-order valence-corrected chi connectivity index (χ2v) is 6.50. The number of nitrogens with one attached hydrogen (secondary N) is 1. The van der Waals surface area contributed by atoms with Gasteiger partial charge in [0.15, 0.2) is 5.88 Å². The molecule has 4 rings (SSSR count). The maximum absolute atomic E-state index is 10.1. The van der Waals surface area contributed by atoms with Crippen LogP contribution in [0.1, 0.15) is 5.56 Å². The number of H-pyrrole nitrogens is 1. The number of aromatic hydroxyl groups is 1. The Morgan fingerprint density at radius 2 is 1.72 bits per heavy atom. The largest absolute Gasteiger partial charge is 0.494 e. The van der Waals surface area contributed by atoms with Crippen molar-refractivity contribution < 1.29 is 5.11 Å². The lowest BCUT2D eigenvalue weighted by molar-refractivity contribution is 0.313. The average molecular weight is 334 g/mol. The number of para-hydroxylation sites is 1. The lowest BCUT2D eigenvalue weighted by atomic mass is 10.2. The van der Waals surface area contributed by atoms with E-state index in [0.717, 1.165) is 48.3 Å². The van der Waals surface area contributed by atoms with Gasteiger partial charge in [0.05, 0.1) is 11.3 Å². The second kappa shape index (κ2) is 6.61. The molecule has 2 aromatic carbocycles. The Morgan fingerprint density at radius 3 is 2.48 bits per heavy atom. The number of hydrogen-bond acceptors (Lipinski definition) is 4. The highest BCUT2D eigenvalue weighted by Gasteiger charge is 2.14.